The van der Waals surface area contributed by atoms with Crippen LogP contribution in [0.4, 0.5) is 10.5 Å². The number of benzene rings is 1. The van der Waals surface area contributed by atoms with Crippen LogP contribution in [0.5, 0.6) is 0 Å². The molecule has 0 unspecified atom stereocenters. The Hall–Kier alpha value is -1.89. The van der Waals surface area contributed by atoms with Gasteiger partial charge in [-0.05, 0) is 42.5 Å². The van der Waals surface area contributed by atoms with Crippen molar-refractivity contribution >= 4 is 27.3 Å². The number of fused-ring (bicyclic) bond motifs is 1. The minimum Gasteiger partial charge on any atom is -0.338 e. The maximum absolute atomic E-state index is 11.9. The van der Waals surface area contributed by atoms with Crippen molar-refractivity contribution in [3.63, 3.8) is 0 Å². The fourth-order valence-electron chi connectivity index (χ4n) is 2.98. The Morgan fingerprint density at radius 1 is 1.27 bits per heavy atom. The van der Waals surface area contributed by atoms with Gasteiger partial charge in [-0.2, -0.15) is 0 Å². The van der Waals surface area contributed by atoms with Crippen LogP contribution in [0.25, 0.3) is 0 Å². The fraction of sp³-hybridized carbons (Fsp3) is 0.467. The number of hydrogen-bond donors (Lipinski definition) is 2. The van der Waals surface area contributed by atoms with E-state index in [4.69, 9.17) is 0 Å². The lowest BCUT2D eigenvalue weighted by Gasteiger charge is -2.11. The molecule has 2 N–H and O–H groups in total. The van der Waals surface area contributed by atoms with Gasteiger partial charge in [-0.1, -0.05) is 0 Å². The van der Waals surface area contributed by atoms with E-state index >= 15 is 0 Å². The molecule has 1 aliphatic heterocycles. The van der Waals surface area contributed by atoms with Gasteiger partial charge in [-0.3, -0.25) is 4.79 Å². The Labute approximate surface area is 129 Å². The summed E-state index contributed by atoms with van der Waals surface area (Å²) in [5, 5.41) is 5.43. The van der Waals surface area contributed by atoms with Crippen molar-refractivity contribution < 1.29 is 18.0 Å². The Balaban J connectivity index is 1.53. The van der Waals surface area contributed by atoms with Crippen molar-refractivity contribution in [3.8, 4) is 0 Å². The quantitative estimate of drug-likeness (QED) is 0.879. The Morgan fingerprint density at radius 2 is 2.09 bits per heavy atom. The molecule has 0 radical (unpaired) electrons. The molecule has 1 fully saturated rings. The summed E-state index contributed by atoms with van der Waals surface area (Å²) < 4.78 is 22.7. The summed E-state index contributed by atoms with van der Waals surface area (Å²) in [6.07, 6.45) is 1.84. The van der Waals surface area contributed by atoms with Crippen LogP contribution in [0, 0.1) is 5.92 Å². The highest BCUT2D eigenvalue weighted by Gasteiger charge is 2.28. The number of nitrogens with one attached hydrogen (secondary N) is 2. The van der Waals surface area contributed by atoms with E-state index in [2.05, 4.69) is 10.6 Å². The number of anilines is 1. The number of aryl methyl sites for hydroxylation is 1. The average Bonchev–Trinajstić information content (AvgIpc) is 3.00. The van der Waals surface area contributed by atoms with Gasteiger partial charge in [0.25, 0.3) is 0 Å². The molecule has 1 aliphatic carbocycles. The minimum atomic E-state index is -2.92. The first-order valence-electron chi connectivity index (χ1n) is 7.34. The SMILES string of the molecule is O=C(NC[C@H]1CCS(=O)(=O)C1)Nc1ccc2c(c1)CCC2=O. The number of sulfone groups is 1. The number of carbonyl (C=O) groups excluding carboxylic acids is 2. The lowest BCUT2D eigenvalue weighted by Crippen LogP contribution is -2.33. The second-order valence-electron chi connectivity index (χ2n) is 5.90. The second kappa shape index (κ2) is 5.72. The monoisotopic (exact) mass is 322 g/mol. The van der Waals surface area contributed by atoms with Crippen LogP contribution in [0.3, 0.4) is 0 Å². The highest BCUT2D eigenvalue weighted by Crippen LogP contribution is 2.25. The van der Waals surface area contributed by atoms with Gasteiger partial charge in [0.15, 0.2) is 15.6 Å². The van der Waals surface area contributed by atoms with Crippen molar-refractivity contribution in [1.29, 1.82) is 0 Å². The first-order chi connectivity index (χ1) is 10.4. The van der Waals surface area contributed by atoms with E-state index in [0.29, 0.717) is 31.5 Å². The fourth-order valence-corrected chi connectivity index (χ4v) is 4.84. The van der Waals surface area contributed by atoms with Gasteiger partial charge in [0.1, 0.15) is 0 Å². The first-order valence-corrected chi connectivity index (χ1v) is 9.16. The zero-order chi connectivity index (χ0) is 15.7. The minimum absolute atomic E-state index is 0.00612. The molecule has 22 heavy (non-hydrogen) atoms. The summed E-state index contributed by atoms with van der Waals surface area (Å²) >= 11 is 0. The van der Waals surface area contributed by atoms with E-state index < -0.39 is 9.84 Å². The molecule has 1 aromatic carbocycles. The third kappa shape index (κ3) is 3.30. The predicted molar refractivity (Wildman–Crippen MR) is 82.9 cm³/mol. The molecular formula is C15H18N2O4S. The van der Waals surface area contributed by atoms with Crippen LogP contribution in [0.1, 0.15) is 28.8 Å². The lowest BCUT2D eigenvalue weighted by molar-refractivity contribution is 0.0994. The molecule has 1 saturated heterocycles. The number of carbonyl (C=O) groups is 2. The van der Waals surface area contributed by atoms with E-state index in [0.717, 1.165) is 11.1 Å². The lowest BCUT2D eigenvalue weighted by atomic mass is 10.1. The molecule has 3 rings (SSSR count). The van der Waals surface area contributed by atoms with E-state index in [9.17, 15) is 18.0 Å². The van der Waals surface area contributed by atoms with Crippen molar-refractivity contribution in [1.82, 2.24) is 5.32 Å². The summed E-state index contributed by atoms with van der Waals surface area (Å²) in [5.41, 5.74) is 2.34. The number of Topliss-reactive ketones (excluding diaryl/α,β-unsaturated/α-hetero) is 1. The molecular weight excluding hydrogens is 304 g/mol. The maximum atomic E-state index is 11.9. The second-order valence-corrected chi connectivity index (χ2v) is 8.13. The van der Waals surface area contributed by atoms with Crippen molar-refractivity contribution in [2.24, 2.45) is 5.92 Å². The van der Waals surface area contributed by atoms with Gasteiger partial charge in [-0.15, -0.1) is 0 Å². The molecule has 0 aromatic heterocycles. The van der Waals surface area contributed by atoms with Crippen molar-refractivity contribution in [3.05, 3.63) is 29.3 Å². The normalized spacial score (nSPS) is 22.4. The Bertz CT molecular complexity index is 727. The zero-order valence-electron chi connectivity index (χ0n) is 12.1. The molecule has 1 heterocycles. The molecule has 118 valence electrons. The van der Waals surface area contributed by atoms with Gasteiger partial charge in [0, 0.05) is 24.2 Å². The van der Waals surface area contributed by atoms with Crippen LogP contribution in [0.15, 0.2) is 18.2 Å². The van der Waals surface area contributed by atoms with E-state index in [1.165, 1.54) is 0 Å². The largest absolute Gasteiger partial charge is 0.338 e. The van der Waals surface area contributed by atoms with E-state index in [1.54, 1.807) is 12.1 Å². The number of rotatable bonds is 3. The molecule has 2 aliphatic rings. The number of urea groups is 1. The van der Waals surface area contributed by atoms with Crippen molar-refractivity contribution in [2.75, 3.05) is 23.4 Å². The van der Waals surface area contributed by atoms with Gasteiger partial charge in [-0.25, -0.2) is 13.2 Å². The van der Waals surface area contributed by atoms with Crippen LogP contribution in [-0.4, -0.2) is 38.3 Å². The standard InChI is InChI=1S/C15H18N2O4S/c18-14-4-1-11-7-12(2-3-13(11)14)17-15(19)16-8-10-5-6-22(20,21)9-10/h2-3,7,10H,1,4-6,8-9H2,(H2,16,17,19)/t10-/m1/s1. The van der Waals surface area contributed by atoms with Crippen LogP contribution < -0.4 is 10.6 Å². The van der Waals surface area contributed by atoms with Crippen LogP contribution >= 0.6 is 0 Å². The number of ketones is 1. The van der Waals surface area contributed by atoms with Crippen LogP contribution in [0.2, 0.25) is 0 Å². The number of amides is 2. The highest BCUT2D eigenvalue weighted by molar-refractivity contribution is 7.91. The van der Waals surface area contributed by atoms with Gasteiger partial charge < -0.3 is 10.6 Å². The third-order valence-electron chi connectivity index (χ3n) is 4.16. The van der Waals surface area contributed by atoms with Gasteiger partial charge in [0.05, 0.1) is 11.5 Å². The van der Waals surface area contributed by atoms with Crippen molar-refractivity contribution in [2.45, 2.75) is 19.3 Å². The molecule has 1 aromatic rings. The molecule has 0 spiro atoms. The molecule has 2 amide bonds. The molecule has 6 nitrogen and oxygen atoms in total. The zero-order valence-corrected chi connectivity index (χ0v) is 12.9. The third-order valence-corrected chi connectivity index (χ3v) is 6.00. The maximum Gasteiger partial charge on any atom is 0.319 e. The smallest absolute Gasteiger partial charge is 0.319 e. The summed E-state index contributed by atoms with van der Waals surface area (Å²) in [5.74, 6) is 0.496. The Kier molecular flexibility index (Phi) is 3.90. The van der Waals surface area contributed by atoms with E-state index in [1.807, 2.05) is 6.07 Å². The molecule has 0 bridgehead atoms. The topological polar surface area (TPSA) is 92.3 Å². The summed E-state index contributed by atoms with van der Waals surface area (Å²) in [4.78, 5) is 23.4. The molecule has 1 atom stereocenters. The summed E-state index contributed by atoms with van der Waals surface area (Å²) in [6, 6.07) is 4.92. The van der Waals surface area contributed by atoms with Gasteiger partial charge in [0.2, 0.25) is 0 Å². The van der Waals surface area contributed by atoms with E-state index in [-0.39, 0.29) is 29.2 Å². The molecule has 0 saturated carbocycles. The Morgan fingerprint density at radius 3 is 2.82 bits per heavy atom. The van der Waals surface area contributed by atoms with Crippen LogP contribution in [-0.2, 0) is 16.3 Å². The van der Waals surface area contributed by atoms with Gasteiger partial charge >= 0.3 is 6.03 Å². The first kappa shape index (κ1) is 15.0. The predicted octanol–water partition coefficient (Wildman–Crippen LogP) is 1.37. The molecule has 7 heteroatoms. The highest BCUT2D eigenvalue weighted by atomic mass is 32.2. The number of hydrogen-bond acceptors (Lipinski definition) is 4. The summed E-state index contributed by atoms with van der Waals surface area (Å²) in [7, 11) is -2.92. The summed E-state index contributed by atoms with van der Waals surface area (Å²) in [6.45, 7) is 0.356. The average molecular weight is 322 g/mol.